The van der Waals surface area contributed by atoms with Crippen LogP contribution in [-0.4, -0.2) is 17.0 Å². The van der Waals surface area contributed by atoms with Crippen molar-refractivity contribution in [3.05, 3.63) is 6.92 Å². The van der Waals surface area contributed by atoms with Gasteiger partial charge in [0.2, 0.25) is 0 Å². The van der Waals surface area contributed by atoms with Crippen molar-refractivity contribution in [2.75, 3.05) is 0 Å². The predicted octanol–water partition coefficient (Wildman–Crippen LogP) is 1.22. The van der Waals surface area contributed by atoms with Crippen molar-refractivity contribution in [3.8, 4) is 0 Å². The summed E-state index contributed by atoms with van der Waals surface area (Å²) in [5.74, 6) is 0. The molecule has 4 heteroatoms. The maximum absolute atomic E-state index is 8.69. The van der Waals surface area contributed by atoms with Crippen molar-refractivity contribution in [1.29, 1.82) is 0 Å². The molecule has 0 spiro atoms. The molecule has 2 nitrogen and oxygen atoms in total. The Morgan fingerprint density at radius 3 is 1.40 bits per heavy atom. The molecule has 0 atom stereocenters. The Hall–Kier alpha value is 0.413. The van der Waals surface area contributed by atoms with E-state index in [1.165, 1.54) is 0 Å². The van der Waals surface area contributed by atoms with Gasteiger partial charge in [-0.3, -0.25) is 0 Å². The Balaban J connectivity index is -0.0000000326. The topological polar surface area (TPSA) is 37.3 Å². The molecule has 0 aliphatic heterocycles. The Morgan fingerprint density at radius 1 is 1.40 bits per heavy atom. The normalized spacial score (nSPS) is 7.20. The maximum atomic E-state index is 8.69. The first-order valence-electron chi connectivity index (χ1n) is 2.37. The fourth-order valence-corrected chi connectivity index (χ4v) is 0. The van der Waals surface area contributed by atoms with Crippen LogP contribution in [0.15, 0.2) is 0 Å². The van der Waals surface area contributed by atoms with Crippen molar-refractivity contribution >= 4 is 18.7 Å². The predicted molar refractivity (Wildman–Crippen MR) is 40.6 cm³/mol. The second-order valence-electron chi connectivity index (χ2n) is 2.34. The molecule has 0 fully saturated rings. The van der Waals surface area contributed by atoms with Gasteiger partial charge in [0, 0.05) is 19.5 Å². The molecule has 0 amide bonds. The van der Waals surface area contributed by atoms with Crippen molar-refractivity contribution in [3.63, 3.8) is 0 Å². The quantitative estimate of drug-likeness (QED) is 0.377. The smallest absolute Gasteiger partial charge is 0.0563 e. The van der Waals surface area contributed by atoms with Crippen LogP contribution in [0.1, 0.15) is 20.8 Å². The van der Waals surface area contributed by atoms with Crippen LogP contribution < -0.4 is 0 Å². The summed E-state index contributed by atoms with van der Waals surface area (Å²) >= 11 is 0. The van der Waals surface area contributed by atoms with Gasteiger partial charge >= 0.3 is 0 Å². The third-order valence-corrected chi connectivity index (χ3v) is 0. The zero-order valence-corrected chi connectivity index (χ0v) is 10.5. The standard InChI is InChI=1S/C4H10O.C2H3O.ClH.Zn/c1-4(2,3)5;1-2-3;;/h5H,1-3H3;2H,1H2;1H;/q;-1;;. The molecule has 0 aliphatic carbocycles. The summed E-state index contributed by atoms with van der Waals surface area (Å²) in [4.78, 5) is 8.69. The number of aldehydes is 1. The van der Waals surface area contributed by atoms with Crippen LogP contribution in [0.4, 0.5) is 0 Å². The molecule has 0 heterocycles. The maximum Gasteiger partial charge on any atom is 0.0563 e. The van der Waals surface area contributed by atoms with E-state index >= 15 is 0 Å². The van der Waals surface area contributed by atoms with Gasteiger partial charge in [0.25, 0.3) is 0 Å². The van der Waals surface area contributed by atoms with Gasteiger partial charge in [-0.2, -0.15) is 0 Å². The zero-order chi connectivity index (χ0) is 7.21. The van der Waals surface area contributed by atoms with Gasteiger partial charge in [-0.25, -0.2) is 0 Å². The minimum atomic E-state index is -0.500. The van der Waals surface area contributed by atoms with Crippen LogP contribution >= 0.6 is 12.4 Å². The average Bonchev–Trinajstić information content (AvgIpc) is 1.27. The fourth-order valence-electron chi connectivity index (χ4n) is 0. The van der Waals surface area contributed by atoms with E-state index in [1.807, 2.05) is 0 Å². The summed E-state index contributed by atoms with van der Waals surface area (Å²) in [5.41, 5.74) is -0.500. The number of hydrogen-bond donors (Lipinski definition) is 1. The van der Waals surface area contributed by atoms with Crippen molar-refractivity contribution in [1.82, 2.24) is 0 Å². The first-order valence-corrected chi connectivity index (χ1v) is 2.37. The molecule has 0 aliphatic rings. The van der Waals surface area contributed by atoms with Gasteiger partial charge in [0.05, 0.1) is 5.60 Å². The first-order chi connectivity index (χ1) is 3.41. The first kappa shape index (κ1) is 22.4. The van der Waals surface area contributed by atoms with Gasteiger partial charge in [0.1, 0.15) is 0 Å². The second kappa shape index (κ2) is 12.1. The summed E-state index contributed by atoms with van der Waals surface area (Å²) < 4.78 is 0. The van der Waals surface area contributed by atoms with E-state index in [4.69, 9.17) is 9.90 Å². The minimum absolute atomic E-state index is 0. The number of hydrogen-bond acceptors (Lipinski definition) is 2. The van der Waals surface area contributed by atoms with Crippen LogP contribution in [0.5, 0.6) is 0 Å². The van der Waals surface area contributed by atoms with Gasteiger partial charge in [-0.15, -0.1) is 12.4 Å². The number of carbonyl (C=O) groups is 1. The number of aliphatic hydroxyl groups is 1. The number of halogens is 1. The molecule has 0 saturated carbocycles. The second-order valence-corrected chi connectivity index (χ2v) is 2.34. The van der Waals surface area contributed by atoms with E-state index in [2.05, 4.69) is 6.92 Å². The molecular formula is C6H14ClO2Zn-. The molecule has 0 bridgehead atoms. The summed E-state index contributed by atoms with van der Waals surface area (Å²) in [6.45, 7) is 8.03. The van der Waals surface area contributed by atoms with Gasteiger partial charge in [-0.05, 0) is 27.1 Å². The summed E-state index contributed by atoms with van der Waals surface area (Å²) in [6.07, 6.45) is 0.500. The van der Waals surface area contributed by atoms with Crippen LogP contribution in [0.3, 0.4) is 0 Å². The van der Waals surface area contributed by atoms with Crippen molar-refractivity contribution in [2.45, 2.75) is 26.4 Å². The molecule has 0 radical (unpaired) electrons. The molecule has 0 aromatic carbocycles. The molecule has 0 aromatic heterocycles. The largest absolute Gasteiger partial charge is 0.391 e. The Bertz CT molecular complexity index is 55.3. The Kier molecular flexibility index (Phi) is 27.2. The SMILES string of the molecule is CC(C)(C)O.Cl.[CH2-]C=O.[Zn]. The van der Waals surface area contributed by atoms with E-state index in [-0.39, 0.29) is 31.9 Å². The van der Waals surface area contributed by atoms with E-state index in [9.17, 15) is 0 Å². The van der Waals surface area contributed by atoms with Crippen LogP contribution in [-0.2, 0) is 24.3 Å². The van der Waals surface area contributed by atoms with E-state index in [1.54, 1.807) is 20.8 Å². The van der Waals surface area contributed by atoms with Crippen LogP contribution in [0, 0.1) is 6.92 Å². The van der Waals surface area contributed by atoms with E-state index < -0.39 is 5.60 Å². The molecule has 0 aromatic rings. The Morgan fingerprint density at radius 2 is 1.40 bits per heavy atom. The fraction of sp³-hybridized carbons (Fsp3) is 0.667. The molecule has 0 unspecified atom stereocenters. The zero-order valence-electron chi connectivity index (χ0n) is 6.76. The monoisotopic (exact) mass is 217 g/mol. The Labute approximate surface area is 81.6 Å². The van der Waals surface area contributed by atoms with Crippen LogP contribution in [0.25, 0.3) is 0 Å². The molecule has 0 rings (SSSR count). The van der Waals surface area contributed by atoms with Crippen LogP contribution in [0.2, 0.25) is 0 Å². The van der Waals surface area contributed by atoms with Crippen molar-refractivity contribution < 1.29 is 29.4 Å². The number of rotatable bonds is 0. The van der Waals surface area contributed by atoms with Gasteiger partial charge in [0.15, 0.2) is 0 Å². The minimum Gasteiger partial charge on any atom is -0.391 e. The van der Waals surface area contributed by atoms with Gasteiger partial charge in [-0.1, -0.05) is 0 Å². The summed E-state index contributed by atoms with van der Waals surface area (Å²) in [7, 11) is 0. The molecule has 10 heavy (non-hydrogen) atoms. The average molecular weight is 219 g/mol. The summed E-state index contributed by atoms with van der Waals surface area (Å²) in [5, 5.41) is 8.52. The van der Waals surface area contributed by atoms with E-state index in [0.29, 0.717) is 6.29 Å². The molecule has 1 N–H and O–H groups in total. The third-order valence-electron chi connectivity index (χ3n) is 0. The molecule has 0 saturated heterocycles. The molecular weight excluding hydrogens is 205 g/mol. The molecule has 60 valence electrons. The van der Waals surface area contributed by atoms with Crippen molar-refractivity contribution in [2.24, 2.45) is 0 Å². The van der Waals surface area contributed by atoms with E-state index in [0.717, 1.165) is 0 Å². The van der Waals surface area contributed by atoms with Gasteiger partial charge < -0.3 is 16.8 Å². The number of carbonyl (C=O) groups excluding carboxylic acids is 1. The summed E-state index contributed by atoms with van der Waals surface area (Å²) in [6, 6.07) is 0. The third kappa shape index (κ3) is 2710.